The zero-order chi connectivity index (χ0) is 23.0. The lowest BCUT2D eigenvalue weighted by Gasteiger charge is -2.27. The van der Waals surface area contributed by atoms with Gasteiger partial charge in [0.2, 0.25) is 11.3 Å². The molecule has 2 aromatic rings. The molecule has 0 atom stereocenters. The molecule has 1 aliphatic heterocycles. The molecule has 1 aromatic heterocycles. The highest BCUT2D eigenvalue weighted by Crippen LogP contribution is 2.43. The molecule has 2 heterocycles. The standard InChI is InChI=1S/C22H27FN4O5/c1-4-17(28)27-10-9-25(8-7-24-27)19-16(23)11-14-18(21(19)31-2)26(13-5-6-13)12-15(20(14)29)22(30)32-3/h11-13,24H,4-10H2,1-3H3. The number of nitrogens with one attached hydrogen (secondary N) is 1. The fourth-order valence-electron chi connectivity index (χ4n) is 4.19. The van der Waals surface area contributed by atoms with Gasteiger partial charge in [-0.3, -0.25) is 14.6 Å². The van der Waals surface area contributed by atoms with E-state index in [0.717, 1.165) is 12.8 Å². The van der Waals surface area contributed by atoms with Crippen LogP contribution in [0.15, 0.2) is 17.1 Å². The number of anilines is 1. The Kier molecular flexibility index (Phi) is 6.05. The van der Waals surface area contributed by atoms with Gasteiger partial charge in [-0.25, -0.2) is 14.6 Å². The lowest BCUT2D eigenvalue weighted by Crippen LogP contribution is -2.43. The van der Waals surface area contributed by atoms with Gasteiger partial charge in [-0.1, -0.05) is 6.92 Å². The van der Waals surface area contributed by atoms with Gasteiger partial charge in [0.15, 0.2) is 11.6 Å². The van der Waals surface area contributed by atoms with Crippen molar-refractivity contribution in [3.05, 3.63) is 33.9 Å². The smallest absolute Gasteiger partial charge is 0.343 e. The molecule has 0 spiro atoms. The summed E-state index contributed by atoms with van der Waals surface area (Å²) in [4.78, 5) is 39.1. The van der Waals surface area contributed by atoms with Gasteiger partial charge in [-0.15, -0.1) is 0 Å². The number of carbonyl (C=O) groups is 2. The van der Waals surface area contributed by atoms with Crippen LogP contribution in [0.1, 0.15) is 42.6 Å². The molecule has 172 valence electrons. The van der Waals surface area contributed by atoms with Crippen LogP contribution in [0.5, 0.6) is 5.75 Å². The largest absolute Gasteiger partial charge is 0.492 e. The molecule has 9 nitrogen and oxygen atoms in total. The highest BCUT2D eigenvalue weighted by atomic mass is 19.1. The van der Waals surface area contributed by atoms with Crippen molar-refractivity contribution in [3.63, 3.8) is 0 Å². The van der Waals surface area contributed by atoms with E-state index in [1.807, 2.05) is 9.47 Å². The molecule has 1 aromatic carbocycles. The molecule has 10 heteroatoms. The molecule has 0 radical (unpaired) electrons. The number of hydrogen-bond acceptors (Lipinski definition) is 7. The number of hydrazine groups is 1. The maximum Gasteiger partial charge on any atom is 0.343 e. The average Bonchev–Trinajstić information content (AvgIpc) is 3.65. The van der Waals surface area contributed by atoms with Crippen molar-refractivity contribution in [1.82, 2.24) is 15.0 Å². The normalized spacial score (nSPS) is 16.8. The van der Waals surface area contributed by atoms with Gasteiger partial charge in [0, 0.05) is 38.3 Å². The Labute approximate surface area is 184 Å². The minimum absolute atomic E-state index is 0.0318. The highest BCUT2D eigenvalue weighted by Gasteiger charge is 2.32. The summed E-state index contributed by atoms with van der Waals surface area (Å²) < 4.78 is 27.7. The van der Waals surface area contributed by atoms with E-state index in [1.54, 1.807) is 11.9 Å². The topological polar surface area (TPSA) is 93.1 Å². The lowest BCUT2D eigenvalue weighted by atomic mass is 10.1. The molecule has 0 bridgehead atoms. The number of pyridine rings is 1. The van der Waals surface area contributed by atoms with Crippen LogP contribution in [0.3, 0.4) is 0 Å². The number of methoxy groups -OCH3 is 2. The van der Waals surface area contributed by atoms with Crippen molar-refractivity contribution >= 4 is 28.5 Å². The van der Waals surface area contributed by atoms with Crippen LogP contribution < -0.4 is 20.5 Å². The molecular formula is C22H27FN4O5. The summed E-state index contributed by atoms with van der Waals surface area (Å²) in [6.45, 7) is 3.46. The van der Waals surface area contributed by atoms with Gasteiger partial charge in [-0.05, 0) is 18.9 Å². The van der Waals surface area contributed by atoms with Gasteiger partial charge in [0.1, 0.15) is 11.3 Å². The van der Waals surface area contributed by atoms with Crippen LogP contribution in [0.25, 0.3) is 10.9 Å². The average molecular weight is 446 g/mol. The number of fused-ring (bicyclic) bond motifs is 1. The van der Waals surface area contributed by atoms with Crippen LogP contribution in [0, 0.1) is 5.82 Å². The molecule has 1 N–H and O–H groups in total. The number of hydrogen-bond donors (Lipinski definition) is 1. The third-order valence-electron chi connectivity index (χ3n) is 5.95. The first-order valence-electron chi connectivity index (χ1n) is 10.7. The monoisotopic (exact) mass is 446 g/mol. The van der Waals surface area contributed by atoms with Gasteiger partial charge >= 0.3 is 5.97 Å². The number of aromatic nitrogens is 1. The van der Waals surface area contributed by atoms with E-state index in [4.69, 9.17) is 9.47 Å². The second-order valence-corrected chi connectivity index (χ2v) is 7.93. The Morgan fingerprint density at radius 1 is 1.22 bits per heavy atom. The van der Waals surface area contributed by atoms with Crippen molar-refractivity contribution in [1.29, 1.82) is 0 Å². The van der Waals surface area contributed by atoms with E-state index in [2.05, 4.69) is 5.43 Å². The third-order valence-corrected chi connectivity index (χ3v) is 5.95. The van der Waals surface area contributed by atoms with Gasteiger partial charge in [0.25, 0.3) is 0 Å². The Bertz CT molecular complexity index is 1130. The molecule has 4 rings (SSSR count). The molecular weight excluding hydrogens is 419 g/mol. The molecule has 32 heavy (non-hydrogen) atoms. The highest BCUT2D eigenvalue weighted by molar-refractivity contribution is 5.97. The first-order valence-corrected chi connectivity index (χ1v) is 10.7. The van der Waals surface area contributed by atoms with E-state index >= 15 is 4.39 Å². The minimum Gasteiger partial charge on any atom is -0.492 e. The first-order chi connectivity index (χ1) is 15.4. The van der Waals surface area contributed by atoms with Crippen LogP contribution in [-0.4, -0.2) is 61.9 Å². The van der Waals surface area contributed by atoms with Crippen LogP contribution in [-0.2, 0) is 9.53 Å². The van der Waals surface area contributed by atoms with E-state index in [-0.39, 0.29) is 34.3 Å². The van der Waals surface area contributed by atoms with Gasteiger partial charge in [0.05, 0.1) is 31.7 Å². The number of esters is 1. The predicted octanol–water partition coefficient (Wildman–Crippen LogP) is 1.83. The van der Waals surface area contributed by atoms with Crippen molar-refractivity contribution in [2.75, 3.05) is 45.3 Å². The van der Waals surface area contributed by atoms with Crippen LogP contribution in [0.2, 0.25) is 0 Å². The van der Waals surface area contributed by atoms with E-state index in [1.165, 1.54) is 26.5 Å². The summed E-state index contributed by atoms with van der Waals surface area (Å²) in [6, 6.07) is 1.27. The summed E-state index contributed by atoms with van der Waals surface area (Å²) in [5.74, 6) is -1.16. The summed E-state index contributed by atoms with van der Waals surface area (Å²) in [6.07, 6.45) is 3.63. The van der Waals surface area contributed by atoms with Crippen molar-refractivity contribution in [2.45, 2.75) is 32.2 Å². The van der Waals surface area contributed by atoms with E-state index in [0.29, 0.717) is 38.1 Å². The fourth-order valence-corrected chi connectivity index (χ4v) is 4.19. The SMILES string of the molecule is CCC(=O)N1CCN(c2c(F)cc3c(=O)c(C(=O)OC)cn(C4CC4)c3c2OC)CCN1. The molecule has 0 unspecified atom stereocenters. The first kappa shape index (κ1) is 22.1. The molecule has 1 aliphatic carbocycles. The van der Waals surface area contributed by atoms with Crippen molar-refractivity contribution in [3.8, 4) is 5.75 Å². The van der Waals surface area contributed by atoms with Gasteiger partial charge < -0.3 is 18.9 Å². The number of rotatable bonds is 5. The number of nitrogens with zero attached hydrogens (tertiary/aromatic N) is 3. The zero-order valence-corrected chi connectivity index (χ0v) is 18.4. The Morgan fingerprint density at radius 3 is 2.59 bits per heavy atom. The number of benzene rings is 1. The Morgan fingerprint density at radius 2 is 1.97 bits per heavy atom. The summed E-state index contributed by atoms with van der Waals surface area (Å²) in [7, 11) is 2.65. The van der Waals surface area contributed by atoms with Gasteiger partial charge in [-0.2, -0.15) is 0 Å². The summed E-state index contributed by atoms with van der Waals surface area (Å²) in [5.41, 5.74) is 3.05. The molecule has 2 aliphatic rings. The zero-order valence-electron chi connectivity index (χ0n) is 18.4. The number of carbonyl (C=O) groups excluding carboxylic acids is 2. The number of amides is 1. The third kappa shape index (κ3) is 3.79. The van der Waals surface area contributed by atoms with Crippen molar-refractivity contribution in [2.24, 2.45) is 0 Å². The molecule has 1 amide bonds. The second-order valence-electron chi connectivity index (χ2n) is 7.93. The molecule has 1 saturated carbocycles. The molecule has 2 fully saturated rings. The summed E-state index contributed by atoms with van der Waals surface area (Å²) >= 11 is 0. The fraction of sp³-hybridized carbons (Fsp3) is 0.500. The minimum atomic E-state index is -0.756. The van der Waals surface area contributed by atoms with Crippen LogP contribution >= 0.6 is 0 Å². The lowest BCUT2D eigenvalue weighted by molar-refractivity contribution is -0.133. The Balaban J connectivity index is 1.87. The summed E-state index contributed by atoms with van der Waals surface area (Å²) in [5, 5.41) is 1.63. The number of ether oxygens (including phenoxy) is 2. The van der Waals surface area contributed by atoms with E-state index < -0.39 is 17.2 Å². The van der Waals surface area contributed by atoms with E-state index in [9.17, 15) is 14.4 Å². The molecule has 1 saturated heterocycles. The van der Waals surface area contributed by atoms with Crippen LogP contribution in [0.4, 0.5) is 10.1 Å². The maximum atomic E-state index is 15.5. The quantitative estimate of drug-likeness (QED) is 0.701. The number of halogens is 1. The second kappa shape index (κ2) is 8.78. The predicted molar refractivity (Wildman–Crippen MR) is 117 cm³/mol. The maximum absolute atomic E-state index is 15.5. The Hall–Kier alpha value is -3.14. The van der Waals surface area contributed by atoms with Crippen molar-refractivity contribution < 1.29 is 23.5 Å².